The number of ether oxygens (including phenoxy) is 1. The summed E-state index contributed by atoms with van der Waals surface area (Å²) in [6.45, 7) is 3.30. The van der Waals surface area contributed by atoms with Crippen molar-refractivity contribution in [2.24, 2.45) is 0 Å². The van der Waals surface area contributed by atoms with Crippen molar-refractivity contribution in [2.75, 3.05) is 6.61 Å². The highest BCUT2D eigenvalue weighted by atomic mass is 16.5. The molecule has 1 aromatic rings. The van der Waals surface area contributed by atoms with Crippen LogP contribution in [0.25, 0.3) is 0 Å². The fourth-order valence-electron chi connectivity index (χ4n) is 0.812. The summed E-state index contributed by atoms with van der Waals surface area (Å²) in [4.78, 5) is 0. The number of aromatic hydroxyl groups is 1. The van der Waals surface area contributed by atoms with E-state index in [4.69, 9.17) is 9.84 Å². The molecule has 0 saturated heterocycles. The molecule has 11 heavy (non-hydrogen) atoms. The lowest BCUT2D eigenvalue weighted by atomic mass is 10.2. The molecule has 0 aromatic heterocycles. The standard InChI is InChI=1S/C9H12O2/c1-2-11-7-8-3-5-9(10)6-4-8/h3-6,10H,2,7H2,1H3. The molecule has 2 heteroatoms. The summed E-state index contributed by atoms with van der Waals surface area (Å²) in [5.41, 5.74) is 1.09. The topological polar surface area (TPSA) is 29.5 Å². The first kappa shape index (κ1) is 8.08. The number of phenols is 1. The van der Waals surface area contributed by atoms with Gasteiger partial charge in [-0.2, -0.15) is 0 Å². The summed E-state index contributed by atoms with van der Waals surface area (Å²) in [7, 11) is 0. The zero-order valence-electron chi connectivity index (χ0n) is 6.58. The van der Waals surface area contributed by atoms with Gasteiger partial charge in [0.15, 0.2) is 0 Å². The molecular formula is C9H12O2. The molecule has 0 atom stereocenters. The summed E-state index contributed by atoms with van der Waals surface area (Å²) < 4.78 is 5.18. The average molecular weight is 152 g/mol. The van der Waals surface area contributed by atoms with Gasteiger partial charge >= 0.3 is 0 Å². The third-order valence-electron chi connectivity index (χ3n) is 1.41. The average Bonchev–Trinajstić information content (AvgIpc) is 2.04. The Morgan fingerprint density at radius 3 is 2.45 bits per heavy atom. The van der Waals surface area contributed by atoms with E-state index >= 15 is 0 Å². The molecule has 0 amide bonds. The van der Waals surface area contributed by atoms with E-state index in [1.165, 1.54) is 0 Å². The normalized spacial score (nSPS) is 9.91. The lowest BCUT2D eigenvalue weighted by molar-refractivity contribution is 0.134. The maximum absolute atomic E-state index is 8.94. The first-order valence-corrected chi connectivity index (χ1v) is 3.68. The Morgan fingerprint density at radius 1 is 1.27 bits per heavy atom. The van der Waals surface area contributed by atoms with Gasteiger partial charge in [-0.05, 0) is 24.6 Å². The van der Waals surface area contributed by atoms with Gasteiger partial charge in [0.25, 0.3) is 0 Å². The molecule has 1 aromatic carbocycles. The van der Waals surface area contributed by atoms with Crippen LogP contribution in [-0.2, 0) is 11.3 Å². The molecule has 1 N–H and O–H groups in total. The van der Waals surface area contributed by atoms with Crippen molar-refractivity contribution in [1.29, 1.82) is 0 Å². The molecule has 0 bridgehead atoms. The first-order chi connectivity index (χ1) is 5.33. The number of benzene rings is 1. The summed E-state index contributed by atoms with van der Waals surface area (Å²) in [5, 5.41) is 8.94. The minimum absolute atomic E-state index is 0.297. The van der Waals surface area contributed by atoms with Gasteiger partial charge in [0.1, 0.15) is 5.75 Å². The Balaban J connectivity index is 2.52. The van der Waals surface area contributed by atoms with E-state index in [0.717, 1.165) is 12.2 Å². The molecule has 0 radical (unpaired) electrons. The van der Waals surface area contributed by atoms with Crippen LogP contribution < -0.4 is 0 Å². The first-order valence-electron chi connectivity index (χ1n) is 3.68. The Bertz CT molecular complexity index is 203. The van der Waals surface area contributed by atoms with E-state index in [1.54, 1.807) is 12.1 Å². The van der Waals surface area contributed by atoms with Crippen molar-refractivity contribution in [3.63, 3.8) is 0 Å². The minimum Gasteiger partial charge on any atom is -0.508 e. The molecule has 0 saturated carbocycles. The van der Waals surface area contributed by atoms with Gasteiger partial charge in [-0.1, -0.05) is 12.1 Å². The van der Waals surface area contributed by atoms with E-state index in [0.29, 0.717) is 12.4 Å². The largest absolute Gasteiger partial charge is 0.508 e. The molecule has 0 unspecified atom stereocenters. The zero-order chi connectivity index (χ0) is 8.10. The number of hydrogen-bond donors (Lipinski definition) is 1. The summed E-state index contributed by atoms with van der Waals surface area (Å²) >= 11 is 0. The molecule has 0 aliphatic carbocycles. The quantitative estimate of drug-likeness (QED) is 0.717. The summed E-state index contributed by atoms with van der Waals surface area (Å²) in [6.07, 6.45) is 0. The molecule has 0 heterocycles. The van der Waals surface area contributed by atoms with Crippen LogP contribution in [0.2, 0.25) is 0 Å². The molecule has 0 aliphatic heterocycles. The van der Waals surface area contributed by atoms with Crippen LogP contribution in [0, 0.1) is 0 Å². The highest BCUT2D eigenvalue weighted by Crippen LogP contribution is 2.09. The van der Waals surface area contributed by atoms with Crippen LogP contribution in [0.3, 0.4) is 0 Å². The van der Waals surface area contributed by atoms with Crippen molar-refractivity contribution < 1.29 is 9.84 Å². The van der Waals surface area contributed by atoms with Gasteiger partial charge < -0.3 is 9.84 Å². The lowest BCUT2D eigenvalue weighted by Gasteiger charge is -2.00. The fraction of sp³-hybridized carbons (Fsp3) is 0.333. The monoisotopic (exact) mass is 152 g/mol. The number of rotatable bonds is 3. The van der Waals surface area contributed by atoms with E-state index in [9.17, 15) is 0 Å². The Morgan fingerprint density at radius 2 is 1.91 bits per heavy atom. The highest BCUT2D eigenvalue weighted by Gasteiger charge is 1.91. The second-order valence-electron chi connectivity index (χ2n) is 2.30. The second kappa shape index (κ2) is 3.98. The van der Waals surface area contributed by atoms with Crippen molar-refractivity contribution >= 4 is 0 Å². The van der Waals surface area contributed by atoms with E-state index in [1.807, 2.05) is 19.1 Å². The predicted molar refractivity (Wildman–Crippen MR) is 43.4 cm³/mol. The van der Waals surface area contributed by atoms with Crippen molar-refractivity contribution in [1.82, 2.24) is 0 Å². The lowest BCUT2D eigenvalue weighted by Crippen LogP contribution is -1.90. The van der Waals surface area contributed by atoms with Crippen LogP contribution in [0.5, 0.6) is 5.75 Å². The Hall–Kier alpha value is -1.02. The van der Waals surface area contributed by atoms with E-state index < -0.39 is 0 Å². The van der Waals surface area contributed by atoms with Crippen LogP contribution in [0.4, 0.5) is 0 Å². The SMILES string of the molecule is CCOCc1ccc(O)cc1. The predicted octanol–water partition coefficient (Wildman–Crippen LogP) is 1.93. The third-order valence-corrected chi connectivity index (χ3v) is 1.41. The molecule has 0 aliphatic rings. The molecular weight excluding hydrogens is 140 g/mol. The molecule has 2 nitrogen and oxygen atoms in total. The van der Waals surface area contributed by atoms with Crippen LogP contribution in [0.15, 0.2) is 24.3 Å². The van der Waals surface area contributed by atoms with E-state index in [2.05, 4.69) is 0 Å². The van der Waals surface area contributed by atoms with Gasteiger partial charge in [-0.25, -0.2) is 0 Å². The maximum Gasteiger partial charge on any atom is 0.115 e. The molecule has 60 valence electrons. The van der Waals surface area contributed by atoms with Gasteiger partial charge in [-0.3, -0.25) is 0 Å². The number of phenolic OH excluding ortho intramolecular Hbond substituents is 1. The van der Waals surface area contributed by atoms with Crippen molar-refractivity contribution in [2.45, 2.75) is 13.5 Å². The Labute approximate surface area is 66.4 Å². The van der Waals surface area contributed by atoms with Gasteiger partial charge in [0.05, 0.1) is 6.61 Å². The molecule has 0 fully saturated rings. The van der Waals surface area contributed by atoms with Crippen LogP contribution in [0.1, 0.15) is 12.5 Å². The molecule has 0 spiro atoms. The van der Waals surface area contributed by atoms with E-state index in [-0.39, 0.29) is 0 Å². The second-order valence-corrected chi connectivity index (χ2v) is 2.30. The maximum atomic E-state index is 8.94. The van der Waals surface area contributed by atoms with Gasteiger partial charge in [0.2, 0.25) is 0 Å². The van der Waals surface area contributed by atoms with Crippen molar-refractivity contribution in [3.8, 4) is 5.75 Å². The Kier molecular flexibility index (Phi) is 2.93. The highest BCUT2D eigenvalue weighted by molar-refractivity contribution is 5.25. The smallest absolute Gasteiger partial charge is 0.115 e. The summed E-state index contributed by atoms with van der Waals surface area (Å²) in [5.74, 6) is 0.297. The van der Waals surface area contributed by atoms with Crippen LogP contribution >= 0.6 is 0 Å². The minimum atomic E-state index is 0.297. The third kappa shape index (κ3) is 2.60. The summed E-state index contributed by atoms with van der Waals surface area (Å²) in [6, 6.07) is 7.03. The fourth-order valence-corrected chi connectivity index (χ4v) is 0.812. The van der Waals surface area contributed by atoms with Gasteiger partial charge in [-0.15, -0.1) is 0 Å². The number of hydrogen-bond acceptors (Lipinski definition) is 2. The van der Waals surface area contributed by atoms with Crippen molar-refractivity contribution in [3.05, 3.63) is 29.8 Å². The van der Waals surface area contributed by atoms with Crippen LogP contribution in [-0.4, -0.2) is 11.7 Å². The molecule has 1 rings (SSSR count). The zero-order valence-corrected chi connectivity index (χ0v) is 6.58. The van der Waals surface area contributed by atoms with Gasteiger partial charge in [0, 0.05) is 6.61 Å².